The number of ether oxygens (including phenoxy) is 1. The van der Waals surface area contributed by atoms with Crippen molar-refractivity contribution >= 4 is 35.0 Å². The van der Waals surface area contributed by atoms with E-state index < -0.39 is 17.5 Å². The predicted octanol–water partition coefficient (Wildman–Crippen LogP) is 4.54. The van der Waals surface area contributed by atoms with Crippen LogP contribution in [0.1, 0.15) is 12.7 Å². The number of nitrogens with zero attached hydrogens (tertiary/aromatic N) is 3. The number of nitrogens with one attached hydrogen (secondary N) is 1. The monoisotopic (exact) mass is 438 g/mol. The van der Waals surface area contributed by atoms with E-state index in [1.807, 2.05) is 11.5 Å². The van der Waals surface area contributed by atoms with Crippen LogP contribution in [0.15, 0.2) is 47.6 Å². The van der Waals surface area contributed by atoms with Gasteiger partial charge >= 0.3 is 0 Å². The number of amides is 1. The number of carbonyl (C=O) groups excluding carboxylic acids is 1. The van der Waals surface area contributed by atoms with Gasteiger partial charge in [0.1, 0.15) is 24.0 Å². The lowest BCUT2D eigenvalue weighted by atomic mass is 10.3. The largest absolute Gasteiger partial charge is 0.486 e. The van der Waals surface area contributed by atoms with Crippen molar-refractivity contribution in [3.8, 4) is 5.75 Å². The molecule has 0 unspecified atom stereocenters. The Morgan fingerprint density at radius 1 is 1.21 bits per heavy atom. The van der Waals surface area contributed by atoms with Crippen molar-refractivity contribution in [3.63, 3.8) is 0 Å². The summed E-state index contributed by atoms with van der Waals surface area (Å²) in [5.74, 6) is -0.733. The molecule has 0 bridgehead atoms. The second-order valence-electron chi connectivity index (χ2n) is 5.85. The Labute approximate surface area is 175 Å². The van der Waals surface area contributed by atoms with Gasteiger partial charge < -0.3 is 14.6 Å². The topological polar surface area (TPSA) is 69.0 Å². The number of benzene rings is 2. The summed E-state index contributed by atoms with van der Waals surface area (Å²) in [6, 6.07) is 9.92. The van der Waals surface area contributed by atoms with Crippen LogP contribution < -0.4 is 10.1 Å². The zero-order chi connectivity index (χ0) is 20.8. The number of hydrogen-bond acceptors (Lipinski definition) is 5. The third-order valence-electron chi connectivity index (χ3n) is 3.83. The molecule has 0 spiro atoms. The summed E-state index contributed by atoms with van der Waals surface area (Å²) >= 11 is 7.01. The van der Waals surface area contributed by atoms with Gasteiger partial charge in [0.2, 0.25) is 5.91 Å². The van der Waals surface area contributed by atoms with Crippen molar-refractivity contribution in [2.75, 3.05) is 11.1 Å². The van der Waals surface area contributed by atoms with Gasteiger partial charge in [0, 0.05) is 17.6 Å². The van der Waals surface area contributed by atoms with Crippen molar-refractivity contribution in [1.29, 1.82) is 0 Å². The molecule has 0 fully saturated rings. The van der Waals surface area contributed by atoms with E-state index in [4.69, 9.17) is 16.3 Å². The van der Waals surface area contributed by atoms with Crippen molar-refractivity contribution in [2.45, 2.75) is 25.2 Å². The van der Waals surface area contributed by atoms with Crippen LogP contribution in [0.5, 0.6) is 5.75 Å². The highest BCUT2D eigenvalue weighted by atomic mass is 35.5. The van der Waals surface area contributed by atoms with Gasteiger partial charge in [-0.05, 0) is 43.3 Å². The lowest BCUT2D eigenvalue weighted by Gasteiger charge is -2.09. The predicted molar refractivity (Wildman–Crippen MR) is 107 cm³/mol. The second kappa shape index (κ2) is 9.71. The standard InChI is InChI=1S/C19H17ClF2N4O2S/c1-2-26-17(10-28-14-6-3-12(20)4-7-14)24-25-19(26)29-11-18(27)23-16-8-5-13(21)9-15(16)22/h3-9H,2,10-11H2,1H3,(H,23,27). The quantitative estimate of drug-likeness (QED) is 0.523. The molecule has 3 rings (SSSR count). The average molecular weight is 439 g/mol. The van der Waals surface area contributed by atoms with Crippen LogP contribution in [0.25, 0.3) is 0 Å². The minimum atomic E-state index is -0.832. The van der Waals surface area contributed by atoms with Crippen LogP contribution in [0.4, 0.5) is 14.5 Å². The molecule has 0 aliphatic heterocycles. The van der Waals surface area contributed by atoms with Gasteiger partial charge in [0.05, 0.1) is 11.4 Å². The van der Waals surface area contributed by atoms with E-state index in [1.165, 1.54) is 6.07 Å². The fourth-order valence-electron chi connectivity index (χ4n) is 2.44. The second-order valence-corrected chi connectivity index (χ2v) is 7.23. The molecule has 1 aromatic heterocycles. The number of rotatable bonds is 8. The average Bonchev–Trinajstić information content (AvgIpc) is 3.10. The molecule has 29 heavy (non-hydrogen) atoms. The van der Waals surface area contributed by atoms with Crippen LogP contribution in [0.2, 0.25) is 5.02 Å². The first kappa shape index (κ1) is 21.1. The zero-order valence-electron chi connectivity index (χ0n) is 15.4. The molecule has 10 heteroatoms. The maximum Gasteiger partial charge on any atom is 0.234 e. The molecule has 0 aliphatic carbocycles. The Bertz CT molecular complexity index is 998. The number of halogens is 3. The Balaban J connectivity index is 1.58. The molecular formula is C19H17ClF2N4O2S. The lowest BCUT2D eigenvalue weighted by Crippen LogP contribution is -2.16. The van der Waals surface area contributed by atoms with Gasteiger partial charge in [-0.3, -0.25) is 4.79 Å². The zero-order valence-corrected chi connectivity index (χ0v) is 16.9. The van der Waals surface area contributed by atoms with E-state index in [2.05, 4.69) is 15.5 Å². The summed E-state index contributed by atoms with van der Waals surface area (Å²) in [5.41, 5.74) is -0.0778. The molecule has 3 aromatic rings. The molecule has 1 heterocycles. The van der Waals surface area contributed by atoms with Crippen LogP contribution in [0, 0.1) is 11.6 Å². The van der Waals surface area contributed by atoms with Crippen LogP contribution >= 0.6 is 23.4 Å². The summed E-state index contributed by atoms with van der Waals surface area (Å²) in [6.07, 6.45) is 0. The molecule has 1 amide bonds. The molecule has 152 valence electrons. The van der Waals surface area contributed by atoms with Crippen molar-refractivity contribution in [2.24, 2.45) is 0 Å². The fourth-order valence-corrected chi connectivity index (χ4v) is 3.38. The Kier molecular flexibility index (Phi) is 7.05. The van der Waals surface area contributed by atoms with Crippen LogP contribution in [0.3, 0.4) is 0 Å². The van der Waals surface area contributed by atoms with Gasteiger partial charge in [0.25, 0.3) is 0 Å². The normalized spacial score (nSPS) is 10.8. The Hall–Kier alpha value is -2.65. The van der Waals surface area contributed by atoms with Gasteiger partial charge in [-0.2, -0.15) is 0 Å². The molecule has 0 aliphatic rings. The van der Waals surface area contributed by atoms with E-state index in [0.717, 1.165) is 17.8 Å². The first-order valence-corrected chi connectivity index (χ1v) is 10.0. The maximum absolute atomic E-state index is 13.6. The summed E-state index contributed by atoms with van der Waals surface area (Å²) in [7, 11) is 0. The molecule has 2 aromatic carbocycles. The maximum atomic E-state index is 13.6. The van der Waals surface area contributed by atoms with Crippen LogP contribution in [-0.2, 0) is 17.9 Å². The molecule has 6 nitrogen and oxygen atoms in total. The highest BCUT2D eigenvalue weighted by molar-refractivity contribution is 7.99. The summed E-state index contributed by atoms with van der Waals surface area (Å²) in [4.78, 5) is 12.1. The summed E-state index contributed by atoms with van der Waals surface area (Å²) < 4.78 is 34.1. The number of hydrogen-bond donors (Lipinski definition) is 1. The summed E-state index contributed by atoms with van der Waals surface area (Å²) in [5, 5.41) is 11.8. The van der Waals surface area contributed by atoms with E-state index >= 15 is 0 Å². The Morgan fingerprint density at radius 3 is 2.66 bits per heavy atom. The van der Waals surface area contributed by atoms with E-state index in [9.17, 15) is 13.6 Å². The minimum Gasteiger partial charge on any atom is -0.486 e. The first-order chi connectivity index (χ1) is 14.0. The van der Waals surface area contributed by atoms with Crippen molar-refractivity contribution in [1.82, 2.24) is 14.8 Å². The SMILES string of the molecule is CCn1c(COc2ccc(Cl)cc2)nnc1SCC(=O)Nc1ccc(F)cc1F. The third kappa shape index (κ3) is 5.68. The van der Waals surface area contributed by atoms with Gasteiger partial charge in [-0.1, -0.05) is 23.4 Å². The number of aromatic nitrogens is 3. The number of anilines is 1. The van der Waals surface area contributed by atoms with Crippen LogP contribution in [-0.4, -0.2) is 26.4 Å². The lowest BCUT2D eigenvalue weighted by molar-refractivity contribution is -0.113. The van der Waals surface area contributed by atoms with E-state index in [-0.39, 0.29) is 18.0 Å². The molecule has 0 saturated heterocycles. The smallest absolute Gasteiger partial charge is 0.234 e. The first-order valence-electron chi connectivity index (χ1n) is 8.64. The molecular weight excluding hydrogens is 422 g/mol. The van der Waals surface area contributed by atoms with Gasteiger partial charge in [-0.25, -0.2) is 8.78 Å². The fraction of sp³-hybridized carbons (Fsp3) is 0.211. The molecule has 1 N–H and O–H groups in total. The van der Waals surface area contributed by atoms with Crippen molar-refractivity contribution in [3.05, 3.63) is 64.9 Å². The molecule has 0 atom stereocenters. The number of thioether (sulfide) groups is 1. The third-order valence-corrected chi connectivity index (χ3v) is 5.05. The van der Waals surface area contributed by atoms with E-state index in [0.29, 0.717) is 34.4 Å². The minimum absolute atomic E-state index is 0.00695. The van der Waals surface area contributed by atoms with Gasteiger partial charge in [-0.15, -0.1) is 10.2 Å². The molecule has 0 radical (unpaired) electrons. The molecule has 0 saturated carbocycles. The highest BCUT2D eigenvalue weighted by Gasteiger charge is 2.15. The van der Waals surface area contributed by atoms with Gasteiger partial charge in [0.15, 0.2) is 11.0 Å². The Morgan fingerprint density at radius 2 is 1.97 bits per heavy atom. The summed E-state index contributed by atoms with van der Waals surface area (Å²) in [6.45, 7) is 2.71. The highest BCUT2D eigenvalue weighted by Crippen LogP contribution is 2.21. The number of carbonyl (C=O) groups is 1. The van der Waals surface area contributed by atoms with E-state index in [1.54, 1.807) is 24.3 Å². The van der Waals surface area contributed by atoms with Crippen molar-refractivity contribution < 1.29 is 18.3 Å².